The van der Waals surface area contributed by atoms with Crippen LogP contribution in [0.1, 0.15) is 35.2 Å². The second-order valence-electron chi connectivity index (χ2n) is 5.71. The standard InChI is InChI=1S/C16H18O4/c17-9-13-12(14-7-8-15(13)20-14)6-3-10-1-4-11(5-2-10)16(18)19/h1-2,4-5,9,12-15H,3,6-8H2,(H,18,19)/t12-,13+,14-,15?/m1/s1. The summed E-state index contributed by atoms with van der Waals surface area (Å²) in [5, 5.41) is 8.86. The number of rotatable bonds is 5. The molecule has 106 valence electrons. The van der Waals surface area contributed by atoms with E-state index in [4.69, 9.17) is 9.84 Å². The van der Waals surface area contributed by atoms with E-state index in [-0.39, 0.29) is 18.1 Å². The molecule has 0 amide bonds. The molecule has 2 fully saturated rings. The van der Waals surface area contributed by atoms with Crippen LogP contribution in [0.2, 0.25) is 0 Å². The zero-order valence-corrected chi connectivity index (χ0v) is 11.2. The lowest BCUT2D eigenvalue weighted by molar-refractivity contribution is -0.113. The summed E-state index contributed by atoms with van der Waals surface area (Å²) in [6.45, 7) is 0. The number of carbonyl (C=O) groups excluding carboxylic acids is 1. The molecule has 0 spiro atoms. The monoisotopic (exact) mass is 274 g/mol. The average molecular weight is 274 g/mol. The van der Waals surface area contributed by atoms with Crippen molar-refractivity contribution >= 4 is 12.3 Å². The van der Waals surface area contributed by atoms with Crippen molar-refractivity contribution in [1.29, 1.82) is 0 Å². The molecule has 2 saturated heterocycles. The quantitative estimate of drug-likeness (QED) is 0.837. The van der Waals surface area contributed by atoms with Gasteiger partial charge in [0.15, 0.2) is 0 Å². The van der Waals surface area contributed by atoms with Gasteiger partial charge in [-0.05, 0) is 49.3 Å². The molecule has 20 heavy (non-hydrogen) atoms. The zero-order valence-electron chi connectivity index (χ0n) is 11.2. The Kier molecular flexibility index (Phi) is 3.57. The topological polar surface area (TPSA) is 63.6 Å². The number of hydrogen-bond acceptors (Lipinski definition) is 3. The van der Waals surface area contributed by atoms with Crippen molar-refractivity contribution in [3.63, 3.8) is 0 Å². The van der Waals surface area contributed by atoms with E-state index in [1.54, 1.807) is 12.1 Å². The second-order valence-corrected chi connectivity index (χ2v) is 5.71. The molecule has 1 unspecified atom stereocenters. The third kappa shape index (κ3) is 2.36. The summed E-state index contributed by atoms with van der Waals surface area (Å²) < 4.78 is 5.82. The third-order valence-corrected chi connectivity index (χ3v) is 4.61. The predicted octanol–water partition coefficient (Wildman–Crippen LogP) is 2.31. The summed E-state index contributed by atoms with van der Waals surface area (Å²) in [4.78, 5) is 22.0. The molecule has 1 aromatic carbocycles. The van der Waals surface area contributed by atoms with Crippen molar-refractivity contribution in [3.05, 3.63) is 35.4 Å². The summed E-state index contributed by atoms with van der Waals surface area (Å²) >= 11 is 0. The van der Waals surface area contributed by atoms with Gasteiger partial charge < -0.3 is 14.6 Å². The lowest BCUT2D eigenvalue weighted by Crippen LogP contribution is -2.28. The fourth-order valence-corrected chi connectivity index (χ4v) is 3.53. The van der Waals surface area contributed by atoms with Crippen LogP contribution in [0.4, 0.5) is 0 Å². The molecule has 4 heteroatoms. The number of aldehydes is 1. The lowest BCUT2D eigenvalue weighted by Gasteiger charge is -2.23. The highest BCUT2D eigenvalue weighted by atomic mass is 16.5. The minimum Gasteiger partial charge on any atom is -0.478 e. The van der Waals surface area contributed by atoms with Gasteiger partial charge in [0.1, 0.15) is 6.29 Å². The zero-order chi connectivity index (χ0) is 14.1. The van der Waals surface area contributed by atoms with Gasteiger partial charge in [0, 0.05) is 5.92 Å². The molecule has 1 aromatic rings. The van der Waals surface area contributed by atoms with Crippen LogP contribution in [0.5, 0.6) is 0 Å². The number of fused-ring (bicyclic) bond motifs is 2. The minimum atomic E-state index is -0.904. The fraction of sp³-hybridized carbons (Fsp3) is 0.500. The molecule has 2 aliphatic rings. The molecule has 2 heterocycles. The van der Waals surface area contributed by atoms with Gasteiger partial charge in [-0.15, -0.1) is 0 Å². The van der Waals surface area contributed by atoms with Gasteiger partial charge in [0.05, 0.1) is 17.8 Å². The third-order valence-electron chi connectivity index (χ3n) is 4.61. The van der Waals surface area contributed by atoms with Crippen LogP contribution in [0.25, 0.3) is 0 Å². The maximum Gasteiger partial charge on any atom is 0.335 e. The summed E-state index contributed by atoms with van der Waals surface area (Å²) in [6, 6.07) is 6.97. The van der Waals surface area contributed by atoms with Gasteiger partial charge in [-0.2, -0.15) is 0 Å². The van der Waals surface area contributed by atoms with Gasteiger partial charge in [-0.25, -0.2) is 4.79 Å². The van der Waals surface area contributed by atoms with E-state index >= 15 is 0 Å². The van der Waals surface area contributed by atoms with Crippen molar-refractivity contribution < 1.29 is 19.4 Å². The number of aromatic carboxylic acids is 1. The molecule has 0 radical (unpaired) electrons. The Bertz CT molecular complexity index is 508. The van der Waals surface area contributed by atoms with E-state index in [1.807, 2.05) is 12.1 Å². The van der Waals surface area contributed by atoms with Gasteiger partial charge in [0.25, 0.3) is 0 Å². The van der Waals surface area contributed by atoms with Crippen LogP contribution in [0.3, 0.4) is 0 Å². The number of carbonyl (C=O) groups is 2. The first kappa shape index (κ1) is 13.3. The highest BCUT2D eigenvalue weighted by molar-refractivity contribution is 5.87. The summed E-state index contributed by atoms with van der Waals surface area (Å²) in [5.74, 6) is -0.531. The van der Waals surface area contributed by atoms with Crippen molar-refractivity contribution in [2.45, 2.75) is 37.9 Å². The van der Waals surface area contributed by atoms with Crippen LogP contribution < -0.4 is 0 Å². The predicted molar refractivity (Wildman–Crippen MR) is 72.7 cm³/mol. The van der Waals surface area contributed by atoms with Crippen LogP contribution in [0, 0.1) is 11.8 Å². The Morgan fingerprint density at radius 1 is 1.25 bits per heavy atom. The number of ether oxygens (including phenoxy) is 1. The van der Waals surface area contributed by atoms with Crippen LogP contribution in [-0.2, 0) is 16.0 Å². The molecule has 4 nitrogen and oxygen atoms in total. The molecule has 3 rings (SSSR count). The van der Waals surface area contributed by atoms with Crippen LogP contribution in [-0.4, -0.2) is 29.6 Å². The van der Waals surface area contributed by atoms with E-state index < -0.39 is 5.97 Å². The summed E-state index contributed by atoms with van der Waals surface area (Å²) in [6.07, 6.45) is 5.31. The smallest absolute Gasteiger partial charge is 0.335 e. The minimum absolute atomic E-state index is 0.0482. The maximum absolute atomic E-state index is 11.2. The Morgan fingerprint density at radius 2 is 1.95 bits per heavy atom. The second kappa shape index (κ2) is 5.37. The van der Waals surface area contributed by atoms with Gasteiger partial charge >= 0.3 is 5.97 Å². The summed E-state index contributed by atoms with van der Waals surface area (Å²) in [5.41, 5.74) is 1.42. The normalized spacial score (nSPS) is 31.4. The maximum atomic E-state index is 11.2. The SMILES string of the molecule is O=C[C@@H]1C2CC[C@@H](O2)[C@@H]1CCc1ccc(C(=O)O)cc1. The number of benzene rings is 1. The molecular weight excluding hydrogens is 256 g/mol. The van der Waals surface area contributed by atoms with E-state index in [1.165, 1.54) is 0 Å². The van der Waals surface area contributed by atoms with Crippen molar-refractivity contribution in [2.75, 3.05) is 0 Å². The summed E-state index contributed by atoms with van der Waals surface area (Å²) in [7, 11) is 0. The highest BCUT2D eigenvalue weighted by Crippen LogP contribution is 2.44. The van der Waals surface area contributed by atoms with Gasteiger partial charge in [0.2, 0.25) is 0 Å². The molecule has 2 bridgehead atoms. The molecule has 0 saturated carbocycles. The van der Waals surface area contributed by atoms with Crippen molar-refractivity contribution in [1.82, 2.24) is 0 Å². The van der Waals surface area contributed by atoms with Crippen LogP contribution >= 0.6 is 0 Å². The number of carboxylic acid groups (broad SMARTS) is 1. The first-order chi connectivity index (χ1) is 9.69. The van der Waals surface area contributed by atoms with Crippen LogP contribution in [0.15, 0.2) is 24.3 Å². The lowest BCUT2D eigenvalue weighted by atomic mass is 9.77. The molecular formula is C16H18O4. The molecule has 1 N–H and O–H groups in total. The van der Waals surface area contributed by atoms with E-state index in [0.29, 0.717) is 11.5 Å². The first-order valence-corrected chi connectivity index (χ1v) is 7.12. The van der Waals surface area contributed by atoms with Crippen molar-refractivity contribution in [2.24, 2.45) is 11.8 Å². The Labute approximate surface area is 117 Å². The van der Waals surface area contributed by atoms with E-state index in [0.717, 1.165) is 37.5 Å². The number of aryl methyl sites for hydroxylation is 1. The highest BCUT2D eigenvalue weighted by Gasteiger charge is 2.48. The molecule has 0 aliphatic carbocycles. The molecule has 4 atom stereocenters. The Morgan fingerprint density at radius 3 is 2.60 bits per heavy atom. The largest absolute Gasteiger partial charge is 0.478 e. The Hall–Kier alpha value is -1.68. The van der Waals surface area contributed by atoms with Gasteiger partial charge in [-0.3, -0.25) is 0 Å². The average Bonchev–Trinajstić information content (AvgIpc) is 3.05. The van der Waals surface area contributed by atoms with E-state index in [2.05, 4.69) is 0 Å². The van der Waals surface area contributed by atoms with Crippen molar-refractivity contribution in [3.8, 4) is 0 Å². The molecule has 0 aromatic heterocycles. The van der Waals surface area contributed by atoms with E-state index in [9.17, 15) is 9.59 Å². The Balaban J connectivity index is 1.61. The number of hydrogen-bond donors (Lipinski definition) is 1. The number of carboxylic acids is 1. The first-order valence-electron chi connectivity index (χ1n) is 7.12. The fourth-order valence-electron chi connectivity index (χ4n) is 3.53. The van der Waals surface area contributed by atoms with Gasteiger partial charge in [-0.1, -0.05) is 12.1 Å². The molecule has 2 aliphatic heterocycles.